The number of amides is 2. The lowest BCUT2D eigenvalue weighted by atomic mass is 10.2. The van der Waals surface area contributed by atoms with Crippen molar-refractivity contribution in [3.05, 3.63) is 29.8 Å². The Hall–Kier alpha value is -2.08. The number of benzene rings is 1. The largest absolute Gasteiger partial charge is 0.497 e. The zero-order chi connectivity index (χ0) is 15.9. The third-order valence-electron chi connectivity index (χ3n) is 3.88. The SMILES string of the molecule is COc1ccc(C(=O)NCCN2CCN(C(C)=O)CC2)cc1. The molecule has 1 fully saturated rings. The van der Waals surface area contributed by atoms with E-state index in [4.69, 9.17) is 4.74 Å². The van der Waals surface area contributed by atoms with Crippen LogP contribution in [0, 0.1) is 0 Å². The Labute approximate surface area is 131 Å². The molecule has 1 aromatic rings. The lowest BCUT2D eigenvalue weighted by molar-refractivity contribution is -0.130. The second-order valence-corrected chi connectivity index (χ2v) is 5.33. The number of nitrogens with zero attached hydrogens (tertiary/aromatic N) is 2. The van der Waals surface area contributed by atoms with Gasteiger partial charge in [-0.15, -0.1) is 0 Å². The van der Waals surface area contributed by atoms with Gasteiger partial charge in [0.15, 0.2) is 0 Å². The molecule has 2 amide bonds. The van der Waals surface area contributed by atoms with E-state index in [1.54, 1.807) is 38.3 Å². The average molecular weight is 305 g/mol. The van der Waals surface area contributed by atoms with Gasteiger partial charge in [-0.25, -0.2) is 0 Å². The molecule has 0 unspecified atom stereocenters. The minimum Gasteiger partial charge on any atom is -0.497 e. The van der Waals surface area contributed by atoms with Gasteiger partial charge in [-0.3, -0.25) is 14.5 Å². The number of piperazine rings is 1. The van der Waals surface area contributed by atoms with Gasteiger partial charge in [0, 0.05) is 51.8 Å². The molecule has 1 aliphatic rings. The predicted molar refractivity (Wildman–Crippen MR) is 84.0 cm³/mol. The molecular formula is C16H23N3O3. The molecule has 1 aromatic carbocycles. The zero-order valence-electron chi connectivity index (χ0n) is 13.2. The van der Waals surface area contributed by atoms with Gasteiger partial charge in [-0.1, -0.05) is 0 Å². The van der Waals surface area contributed by atoms with Crippen molar-refractivity contribution in [2.45, 2.75) is 6.92 Å². The summed E-state index contributed by atoms with van der Waals surface area (Å²) >= 11 is 0. The van der Waals surface area contributed by atoms with E-state index in [2.05, 4.69) is 10.2 Å². The van der Waals surface area contributed by atoms with Gasteiger partial charge in [0.05, 0.1) is 7.11 Å². The van der Waals surface area contributed by atoms with Crippen LogP contribution in [0.25, 0.3) is 0 Å². The van der Waals surface area contributed by atoms with Crippen molar-refractivity contribution in [1.82, 2.24) is 15.1 Å². The number of nitrogens with one attached hydrogen (secondary N) is 1. The maximum absolute atomic E-state index is 12.0. The Morgan fingerprint density at radius 2 is 1.77 bits per heavy atom. The van der Waals surface area contributed by atoms with E-state index in [0.29, 0.717) is 12.1 Å². The monoisotopic (exact) mass is 305 g/mol. The molecule has 0 spiro atoms. The summed E-state index contributed by atoms with van der Waals surface area (Å²) in [6.45, 7) is 6.25. The molecule has 0 saturated carbocycles. The molecule has 1 heterocycles. The van der Waals surface area contributed by atoms with E-state index in [0.717, 1.165) is 38.5 Å². The number of rotatable bonds is 5. The Morgan fingerprint density at radius 3 is 2.32 bits per heavy atom. The number of carbonyl (C=O) groups is 2. The lowest BCUT2D eigenvalue weighted by Gasteiger charge is -2.34. The molecule has 1 N–H and O–H groups in total. The van der Waals surface area contributed by atoms with Crippen LogP contribution in [0.2, 0.25) is 0 Å². The maximum atomic E-state index is 12.0. The second kappa shape index (κ2) is 7.79. The van der Waals surface area contributed by atoms with Gasteiger partial charge in [-0.05, 0) is 24.3 Å². The fourth-order valence-electron chi connectivity index (χ4n) is 2.46. The molecule has 6 heteroatoms. The highest BCUT2D eigenvalue weighted by atomic mass is 16.5. The smallest absolute Gasteiger partial charge is 0.251 e. The van der Waals surface area contributed by atoms with Crippen LogP contribution < -0.4 is 10.1 Å². The topological polar surface area (TPSA) is 61.9 Å². The quantitative estimate of drug-likeness (QED) is 0.865. The van der Waals surface area contributed by atoms with Gasteiger partial charge in [0.1, 0.15) is 5.75 Å². The highest BCUT2D eigenvalue weighted by Gasteiger charge is 2.18. The molecule has 1 saturated heterocycles. The minimum absolute atomic E-state index is 0.0787. The fraction of sp³-hybridized carbons (Fsp3) is 0.500. The van der Waals surface area contributed by atoms with Crippen molar-refractivity contribution >= 4 is 11.8 Å². The molecule has 6 nitrogen and oxygen atoms in total. The number of ether oxygens (including phenoxy) is 1. The standard InChI is InChI=1S/C16H23N3O3/c1-13(20)19-11-9-18(10-12-19)8-7-17-16(21)14-3-5-15(22-2)6-4-14/h3-6H,7-12H2,1-2H3,(H,17,21). The molecule has 2 rings (SSSR count). The highest BCUT2D eigenvalue weighted by Crippen LogP contribution is 2.11. The predicted octanol–water partition coefficient (Wildman–Crippen LogP) is 0.589. The van der Waals surface area contributed by atoms with Crippen molar-refractivity contribution in [2.24, 2.45) is 0 Å². The molecule has 0 bridgehead atoms. The summed E-state index contributed by atoms with van der Waals surface area (Å²) in [5, 5.41) is 2.92. The summed E-state index contributed by atoms with van der Waals surface area (Å²) in [4.78, 5) is 27.4. The summed E-state index contributed by atoms with van der Waals surface area (Å²) < 4.78 is 5.07. The van der Waals surface area contributed by atoms with E-state index < -0.39 is 0 Å². The van der Waals surface area contributed by atoms with Crippen LogP contribution in [0.4, 0.5) is 0 Å². The first-order chi connectivity index (χ1) is 10.6. The van der Waals surface area contributed by atoms with E-state index in [-0.39, 0.29) is 11.8 Å². The van der Waals surface area contributed by atoms with Gasteiger partial charge < -0.3 is 15.0 Å². The van der Waals surface area contributed by atoms with E-state index in [1.807, 2.05) is 4.90 Å². The highest BCUT2D eigenvalue weighted by molar-refractivity contribution is 5.94. The summed E-state index contributed by atoms with van der Waals surface area (Å²) in [6.07, 6.45) is 0. The first-order valence-electron chi connectivity index (χ1n) is 7.50. The zero-order valence-corrected chi connectivity index (χ0v) is 13.2. The van der Waals surface area contributed by atoms with Crippen molar-refractivity contribution in [3.63, 3.8) is 0 Å². The Bertz CT molecular complexity index is 508. The summed E-state index contributed by atoms with van der Waals surface area (Å²) in [6, 6.07) is 7.05. The Balaban J connectivity index is 1.70. The molecule has 0 aromatic heterocycles. The molecule has 1 aliphatic heterocycles. The van der Waals surface area contributed by atoms with Crippen LogP contribution in [0.1, 0.15) is 17.3 Å². The number of hydrogen-bond donors (Lipinski definition) is 1. The minimum atomic E-state index is -0.0787. The number of methoxy groups -OCH3 is 1. The molecule has 0 atom stereocenters. The van der Waals surface area contributed by atoms with Crippen LogP contribution >= 0.6 is 0 Å². The summed E-state index contributed by atoms with van der Waals surface area (Å²) in [7, 11) is 1.60. The van der Waals surface area contributed by atoms with Crippen molar-refractivity contribution in [1.29, 1.82) is 0 Å². The van der Waals surface area contributed by atoms with Crippen LogP contribution in [0.3, 0.4) is 0 Å². The van der Waals surface area contributed by atoms with E-state index in [1.165, 1.54) is 0 Å². The van der Waals surface area contributed by atoms with E-state index in [9.17, 15) is 9.59 Å². The van der Waals surface area contributed by atoms with Crippen LogP contribution in [0.15, 0.2) is 24.3 Å². The number of hydrogen-bond acceptors (Lipinski definition) is 4. The van der Waals surface area contributed by atoms with Crippen molar-refractivity contribution in [3.8, 4) is 5.75 Å². The molecule has 22 heavy (non-hydrogen) atoms. The number of carbonyl (C=O) groups excluding carboxylic acids is 2. The first kappa shape index (κ1) is 16.3. The van der Waals surface area contributed by atoms with Crippen LogP contribution in [0.5, 0.6) is 5.75 Å². The Kier molecular flexibility index (Phi) is 5.77. The summed E-state index contributed by atoms with van der Waals surface area (Å²) in [5.41, 5.74) is 0.627. The van der Waals surface area contributed by atoms with Gasteiger partial charge in [0.2, 0.25) is 5.91 Å². The lowest BCUT2D eigenvalue weighted by Crippen LogP contribution is -2.49. The maximum Gasteiger partial charge on any atom is 0.251 e. The molecule has 0 radical (unpaired) electrons. The Morgan fingerprint density at radius 1 is 1.14 bits per heavy atom. The molecular weight excluding hydrogens is 282 g/mol. The van der Waals surface area contributed by atoms with Crippen molar-refractivity contribution < 1.29 is 14.3 Å². The normalized spacial score (nSPS) is 15.5. The van der Waals surface area contributed by atoms with Crippen LogP contribution in [-0.4, -0.2) is 68.0 Å². The first-order valence-corrected chi connectivity index (χ1v) is 7.50. The summed E-state index contributed by atoms with van der Waals surface area (Å²) in [5.74, 6) is 0.789. The fourth-order valence-corrected chi connectivity index (χ4v) is 2.46. The average Bonchev–Trinajstić information content (AvgIpc) is 2.55. The molecule has 0 aliphatic carbocycles. The third-order valence-corrected chi connectivity index (χ3v) is 3.88. The van der Waals surface area contributed by atoms with Gasteiger partial charge in [-0.2, -0.15) is 0 Å². The van der Waals surface area contributed by atoms with Crippen molar-refractivity contribution in [2.75, 3.05) is 46.4 Å². The van der Waals surface area contributed by atoms with Gasteiger partial charge >= 0.3 is 0 Å². The van der Waals surface area contributed by atoms with Gasteiger partial charge in [0.25, 0.3) is 5.91 Å². The second-order valence-electron chi connectivity index (χ2n) is 5.33. The van der Waals surface area contributed by atoms with Crippen LogP contribution in [-0.2, 0) is 4.79 Å². The van der Waals surface area contributed by atoms with E-state index >= 15 is 0 Å². The molecule has 120 valence electrons. The third kappa shape index (κ3) is 4.46.